The van der Waals surface area contributed by atoms with E-state index in [4.69, 9.17) is 5.11 Å². The third-order valence-corrected chi connectivity index (χ3v) is 3.72. The normalized spacial score (nSPS) is 12.2. The topological polar surface area (TPSA) is 66.4 Å². The first-order valence-electron chi connectivity index (χ1n) is 7.99. The van der Waals surface area contributed by atoms with Gasteiger partial charge in [0.05, 0.1) is 5.92 Å². The van der Waals surface area contributed by atoms with Gasteiger partial charge in [0.15, 0.2) is 0 Å². The molecule has 1 atom stereocenters. The van der Waals surface area contributed by atoms with Crippen LogP contribution in [0.5, 0.6) is 0 Å². The number of aryl methyl sites for hydroxylation is 2. The Labute approximate surface area is 132 Å². The zero-order chi connectivity index (χ0) is 16.5. The van der Waals surface area contributed by atoms with Crippen LogP contribution >= 0.6 is 0 Å². The van der Waals surface area contributed by atoms with E-state index in [9.17, 15) is 9.59 Å². The highest BCUT2D eigenvalue weighted by molar-refractivity contribution is 5.77. The van der Waals surface area contributed by atoms with Crippen LogP contribution in [0.25, 0.3) is 0 Å². The molecule has 0 heterocycles. The van der Waals surface area contributed by atoms with E-state index in [0.29, 0.717) is 25.2 Å². The Hall–Kier alpha value is -1.84. The molecule has 1 rings (SSSR count). The number of aliphatic carboxylic acids is 1. The zero-order valence-corrected chi connectivity index (χ0v) is 13.8. The molecule has 122 valence electrons. The molecule has 2 N–H and O–H groups in total. The van der Waals surface area contributed by atoms with Gasteiger partial charge in [-0.15, -0.1) is 0 Å². The van der Waals surface area contributed by atoms with Crippen LogP contribution in [0, 0.1) is 11.8 Å². The van der Waals surface area contributed by atoms with Gasteiger partial charge in [-0.25, -0.2) is 0 Å². The van der Waals surface area contributed by atoms with Crippen molar-refractivity contribution in [3.8, 4) is 0 Å². The lowest BCUT2D eigenvalue weighted by atomic mass is 9.97. The summed E-state index contributed by atoms with van der Waals surface area (Å²) in [6.45, 7) is 6.29. The van der Waals surface area contributed by atoms with Gasteiger partial charge in [-0.3, -0.25) is 9.59 Å². The standard InChI is InChI=1S/C18H27NO3/c1-4-14-5-7-15(8-6-14)9-10-17(20)19-12-16(18(21)22)11-13(2)3/h5-8,13,16H,4,9-12H2,1-3H3,(H,19,20)(H,21,22). The Morgan fingerprint density at radius 1 is 1.14 bits per heavy atom. The number of amides is 1. The van der Waals surface area contributed by atoms with E-state index in [-0.39, 0.29) is 12.5 Å². The van der Waals surface area contributed by atoms with Crippen molar-refractivity contribution in [3.05, 3.63) is 35.4 Å². The number of carbonyl (C=O) groups is 2. The van der Waals surface area contributed by atoms with Crippen LogP contribution < -0.4 is 5.32 Å². The second-order valence-electron chi connectivity index (χ2n) is 6.14. The molecule has 0 fully saturated rings. The van der Waals surface area contributed by atoms with E-state index in [2.05, 4.69) is 24.4 Å². The molecule has 0 radical (unpaired) electrons. The molecule has 1 amide bonds. The van der Waals surface area contributed by atoms with Crippen molar-refractivity contribution in [1.82, 2.24) is 5.32 Å². The summed E-state index contributed by atoms with van der Waals surface area (Å²) in [5.41, 5.74) is 2.41. The summed E-state index contributed by atoms with van der Waals surface area (Å²) < 4.78 is 0. The van der Waals surface area contributed by atoms with Gasteiger partial charge in [0.25, 0.3) is 0 Å². The second kappa shape index (κ2) is 9.23. The summed E-state index contributed by atoms with van der Waals surface area (Å²) in [4.78, 5) is 23.0. The van der Waals surface area contributed by atoms with Crippen LogP contribution in [-0.4, -0.2) is 23.5 Å². The van der Waals surface area contributed by atoms with Gasteiger partial charge < -0.3 is 10.4 Å². The lowest BCUT2D eigenvalue weighted by Gasteiger charge is -2.15. The average Bonchev–Trinajstić information content (AvgIpc) is 2.49. The number of carboxylic acids is 1. The van der Waals surface area contributed by atoms with Crippen LogP contribution in [0.2, 0.25) is 0 Å². The van der Waals surface area contributed by atoms with Crippen LogP contribution in [0.15, 0.2) is 24.3 Å². The molecule has 22 heavy (non-hydrogen) atoms. The van der Waals surface area contributed by atoms with Crippen molar-refractivity contribution in [2.75, 3.05) is 6.54 Å². The predicted molar refractivity (Wildman–Crippen MR) is 87.7 cm³/mol. The monoisotopic (exact) mass is 305 g/mol. The lowest BCUT2D eigenvalue weighted by molar-refractivity contribution is -0.142. The lowest BCUT2D eigenvalue weighted by Crippen LogP contribution is -2.33. The van der Waals surface area contributed by atoms with Crippen molar-refractivity contribution in [2.45, 2.75) is 46.5 Å². The van der Waals surface area contributed by atoms with Gasteiger partial charge >= 0.3 is 5.97 Å². The Balaban J connectivity index is 2.37. The summed E-state index contributed by atoms with van der Waals surface area (Å²) in [6, 6.07) is 8.25. The fourth-order valence-corrected chi connectivity index (χ4v) is 2.37. The second-order valence-corrected chi connectivity index (χ2v) is 6.14. The number of nitrogens with one attached hydrogen (secondary N) is 1. The van der Waals surface area contributed by atoms with Gasteiger partial charge in [-0.05, 0) is 36.3 Å². The Morgan fingerprint density at radius 2 is 1.73 bits per heavy atom. The minimum Gasteiger partial charge on any atom is -0.481 e. The summed E-state index contributed by atoms with van der Waals surface area (Å²) in [5, 5.41) is 11.9. The molecule has 0 aliphatic heterocycles. The third kappa shape index (κ3) is 6.74. The molecule has 1 aromatic carbocycles. The maximum Gasteiger partial charge on any atom is 0.308 e. The van der Waals surface area contributed by atoms with Crippen LogP contribution in [-0.2, 0) is 22.4 Å². The molecule has 0 aliphatic carbocycles. The van der Waals surface area contributed by atoms with E-state index in [1.807, 2.05) is 26.0 Å². The maximum absolute atomic E-state index is 11.8. The summed E-state index contributed by atoms with van der Waals surface area (Å²) in [7, 11) is 0. The summed E-state index contributed by atoms with van der Waals surface area (Å²) in [6.07, 6.45) is 2.65. The largest absolute Gasteiger partial charge is 0.481 e. The van der Waals surface area contributed by atoms with Gasteiger partial charge in [-0.2, -0.15) is 0 Å². The summed E-state index contributed by atoms with van der Waals surface area (Å²) in [5.74, 6) is -1.14. The van der Waals surface area contributed by atoms with E-state index < -0.39 is 11.9 Å². The van der Waals surface area contributed by atoms with E-state index in [0.717, 1.165) is 12.0 Å². The third-order valence-electron chi connectivity index (χ3n) is 3.72. The maximum atomic E-state index is 11.8. The first-order chi connectivity index (χ1) is 10.4. The Kier molecular flexibility index (Phi) is 7.64. The van der Waals surface area contributed by atoms with Crippen molar-refractivity contribution >= 4 is 11.9 Å². The van der Waals surface area contributed by atoms with E-state index in [1.54, 1.807) is 0 Å². The fourth-order valence-electron chi connectivity index (χ4n) is 2.37. The van der Waals surface area contributed by atoms with Gasteiger partial charge in [0, 0.05) is 13.0 Å². The average molecular weight is 305 g/mol. The predicted octanol–water partition coefficient (Wildman–Crippen LogP) is 3.04. The number of carbonyl (C=O) groups excluding carboxylic acids is 1. The van der Waals surface area contributed by atoms with Crippen molar-refractivity contribution in [2.24, 2.45) is 11.8 Å². The van der Waals surface area contributed by atoms with Crippen molar-refractivity contribution < 1.29 is 14.7 Å². The molecule has 0 bridgehead atoms. The van der Waals surface area contributed by atoms with E-state index >= 15 is 0 Å². The number of benzene rings is 1. The van der Waals surface area contributed by atoms with Crippen LogP contribution in [0.1, 0.15) is 44.7 Å². The molecule has 0 aromatic heterocycles. The van der Waals surface area contributed by atoms with Gasteiger partial charge in [0.1, 0.15) is 0 Å². The first kappa shape index (κ1) is 18.2. The fraction of sp³-hybridized carbons (Fsp3) is 0.556. The molecule has 4 nitrogen and oxygen atoms in total. The SMILES string of the molecule is CCc1ccc(CCC(=O)NCC(CC(C)C)C(=O)O)cc1. The molecular weight excluding hydrogens is 278 g/mol. The van der Waals surface area contributed by atoms with E-state index in [1.165, 1.54) is 5.56 Å². The number of rotatable bonds is 9. The van der Waals surface area contributed by atoms with Crippen molar-refractivity contribution in [1.29, 1.82) is 0 Å². The zero-order valence-electron chi connectivity index (χ0n) is 13.8. The van der Waals surface area contributed by atoms with Crippen LogP contribution in [0.4, 0.5) is 0 Å². The Morgan fingerprint density at radius 3 is 2.23 bits per heavy atom. The molecule has 0 saturated heterocycles. The number of carboxylic acid groups (broad SMARTS) is 1. The van der Waals surface area contributed by atoms with Crippen molar-refractivity contribution in [3.63, 3.8) is 0 Å². The highest BCUT2D eigenvalue weighted by Crippen LogP contribution is 2.11. The highest BCUT2D eigenvalue weighted by Gasteiger charge is 2.19. The first-order valence-corrected chi connectivity index (χ1v) is 7.99. The molecule has 0 aliphatic rings. The van der Waals surface area contributed by atoms with Gasteiger partial charge in [-0.1, -0.05) is 45.0 Å². The Bertz CT molecular complexity index is 480. The molecule has 0 saturated carbocycles. The van der Waals surface area contributed by atoms with Gasteiger partial charge in [0.2, 0.25) is 5.91 Å². The molecule has 1 unspecified atom stereocenters. The quantitative estimate of drug-likeness (QED) is 0.737. The highest BCUT2D eigenvalue weighted by atomic mass is 16.4. The minimum absolute atomic E-state index is 0.0884. The minimum atomic E-state index is -0.843. The molecule has 4 heteroatoms. The van der Waals surface area contributed by atoms with Crippen LogP contribution in [0.3, 0.4) is 0 Å². The number of hydrogen-bond acceptors (Lipinski definition) is 2. The molecular formula is C18H27NO3. The molecule has 1 aromatic rings. The molecule has 0 spiro atoms. The smallest absolute Gasteiger partial charge is 0.308 e. The summed E-state index contributed by atoms with van der Waals surface area (Å²) >= 11 is 0. The number of hydrogen-bond donors (Lipinski definition) is 2.